The van der Waals surface area contributed by atoms with Gasteiger partial charge in [-0.1, -0.05) is 11.8 Å². The summed E-state index contributed by atoms with van der Waals surface area (Å²) in [6, 6.07) is 1.42. The lowest BCUT2D eigenvalue weighted by Gasteiger charge is -2.06. The molecule has 1 saturated heterocycles. The molecule has 1 aliphatic heterocycles. The molecular weight excluding hydrogens is 226 g/mol. The van der Waals surface area contributed by atoms with Gasteiger partial charge in [0.1, 0.15) is 6.04 Å². The van der Waals surface area contributed by atoms with E-state index in [1.165, 1.54) is 11.8 Å². The summed E-state index contributed by atoms with van der Waals surface area (Å²) in [5.74, 6) is -0.784. The van der Waals surface area contributed by atoms with E-state index < -0.39 is 12.0 Å². The summed E-state index contributed by atoms with van der Waals surface area (Å²) >= 11 is 1.54. The van der Waals surface area contributed by atoms with Crippen molar-refractivity contribution in [1.29, 1.82) is 0 Å². The van der Waals surface area contributed by atoms with E-state index in [0.29, 0.717) is 13.0 Å². The molecule has 0 unspecified atom stereocenters. The molecule has 0 radical (unpaired) electrons. The van der Waals surface area contributed by atoms with Crippen LogP contribution >= 0.6 is 11.8 Å². The summed E-state index contributed by atoms with van der Waals surface area (Å²) in [5, 5.41) is 12.8. The van der Waals surface area contributed by atoms with Crippen molar-refractivity contribution in [2.24, 2.45) is 0 Å². The number of carboxylic acids is 1. The summed E-state index contributed by atoms with van der Waals surface area (Å²) in [7, 11) is 0. The molecule has 0 amide bonds. The third-order valence-electron chi connectivity index (χ3n) is 2.43. The molecule has 0 aromatic carbocycles. The maximum absolute atomic E-state index is 10.8. The topological polar surface area (TPSA) is 75.1 Å². The molecular formula is C10H13N3O2S. The first kappa shape index (κ1) is 11.3. The highest BCUT2D eigenvalue weighted by atomic mass is 32.2. The Morgan fingerprint density at radius 3 is 3.12 bits per heavy atom. The van der Waals surface area contributed by atoms with E-state index in [9.17, 15) is 4.79 Å². The number of aliphatic carboxylic acids is 1. The molecule has 2 N–H and O–H groups in total. The van der Waals surface area contributed by atoms with Crippen LogP contribution in [0.2, 0.25) is 0 Å². The quantitative estimate of drug-likeness (QED) is 0.756. The highest BCUT2D eigenvalue weighted by Gasteiger charge is 2.30. The van der Waals surface area contributed by atoms with Crippen LogP contribution in [0, 0.1) is 6.92 Å². The SMILES string of the molecule is Cc1ccnc(S[C@H]2CN[C@H](C(=O)O)C2)n1. The molecule has 2 atom stereocenters. The number of hydrogen-bond acceptors (Lipinski definition) is 5. The van der Waals surface area contributed by atoms with Gasteiger partial charge in [0.25, 0.3) is 0 Å². The van der Waals surface area contributed by atoms with E-state index in [2.05, 4.69) is 15.3 Å². The largest absolute Gasteiger partial charge is 0.480 e. The fourth-order valence-electron chi connectivity index (χ4n) is 1.61. The van der Waals surface area contributed by atoms with Gasteiger partial charge in [-0.3, -0.25) is 4.79 Å². The van der Waals surface area contributed by atoms with E-state index in [1.54, 1.807) is 6.20 Å². The van der Waals surface area contributed by atoms with Gasteiger partial charge in [-0.2, -0.15) is 0 Å². The van der Waals surface area contributed by atoms with Crippen LogP contribution in [0.5, 0.6) is 0 Å². The van der Waals surface area contributed by atoms with E-state index in [-0.39, 0.29) is 5.25 Å². The van der Waals surface area contributed by atoms with Crippen molar-refractivity contribution in [1.82, 2.24) is 15.3 Å². The second-order valence-electron chi connectivity index (χ2n) is 3.76. The van der Waals surface area contributed by atoms with E-state index in [0.717, 1.165) is 10.9 Å². The summed E-state index contributed by atoms with van der Waals surface area (Å²) in [6.45, 7) is 2.61. The van der Waals surface area contributed by atoms with Crippen molar-refractivity contribution in [2.45, 2.75) is 29.8 Å². The van der Waals surface area contributed by atoms with E-state index in [1.807, 2.05) is 13.0 Å². The standard InChI is InChI=1S/C10H13N3O2S/c1-6-2-3-11-10(13-6)16-7-4-8(9(14)15)12-5-7/h2-3,7-8,12H,4-5H2,1H3,(H,14,15)/t7-,8+/m1/s1. The van der Waals surface area contributed by atoms with E-state index in [4.69, 9.17) is 5.11 Å². The van der Waals surface area contributed by atoms with Crippen LogP contribution in [-0.4, -0.2) is 38.9 Å². The Hall–Kier alpha value is -1.14. The predicted octanol–water partition coefficient (Wildman–Crippen LogP) is 0.692. The molecule has 6 heteroatoms. The minimum Gasteiger partial charge on any atom is -0.480 e. The molecule has 1 aromatic heterocycles. The maximum Gasteiger partial charge on any atom is 0.320 e. The van der Waals surface area contributed by atoms with Gasteiger partial charge in [-0.25, -0.2) is 9.97 Å². The lowest BCUT2D eigenvalue weighted by Crippen LogP contribution is -2.29. The average molecular weight is 239 g/mol. The van der Waals surface area contributed by atoms with Gasteiger partial charge >= 0.3 is 5.97 Å². The Balaban J connectivity index is 1.94. The summed E-state index contributed by atoms with van der Waals surface area (Å²) in [5.41, 5.74) is 0.929. The van der Waals surface area contributed by atoms with Crippen LogP contribution in [0.1, 0.15) is 12.1 Å². The van der Waals surface area contributed by atoms with Crippen LogP contribution in [0.15, 0.2) is 17.4 Å². The molecule has 0 bridgehead atoms. The summed E-state index contributed by atoms with van der Waals surface area (Å²) in [6.07, 6.45) is 2.35. The molecule has 86 valence electrons. The van der Waals surface area contributed by atoms with Gasteiger partial charge in [0.15, 0.2) is 5.16 Å². The monoisotopic (exact) mass is 239 g/mol. The van der Waals surface area contributed by atoms with Gasteiger partial charge in [0.05, 0.1) is 0 Å². The van der Waals surface area contributed by atoms with Crippen LogP contribution in [0.25, 0.3) is 0 Å². The Kier molecular flexibility index (Phi) is 3.40. The lowest BCUT2D eigenvalue weighted by atomic mass is 10.2. The normalized spacial score (nSPS) is 24.6. The number of aryl methyl sites for hydroxylation is 1. The van der Waals surface area contributed by atoms with Crippen LogP contribution < -0.4 is 5.32 Å². The van der Waals surface area contributed by atoms with Crippen molar-refractivity contribution in [3.05, 3.63) is 18.0 Å². The molecule has 1 fully saturated rings. The molecule has 0 aliphatic carbocycles. The second-order valence-corrected chi connectivity index (χ2v) is 5.02. The Labute approximate surface area is 97.7 Å². The number of nitrogens with zero attached hydrogens (tertiary/aromatic N) is 2. The Morgan fingerprint density at radius 1 is 1.69 bits per heavy atom. The lowest BCUT2D eigenvalue weighted by molar-refractivity contribution is -0.139. The maximum atomic E-state index is 10.8. The van der Waals surface area contributed by atoms with Gasteiger partial charge in [-0.05, 0) is 19.4 Å². The third-order valence-corrected chi connectivity index (χ3v) is 3.53. The first-order valence-corrected chi connectivity index (χ1v) is 5.95. The molecule has 1 aromatic rings. The summed E-state index contributed by atoms with van der Waals surface area (Å²) in [4.78, 5) is 19.2. The van der Waals surface area contributed by atoms with Crippen LogP contribution in [-0.2, 0) is 4.79 Å². The zero-order valence-corrected chi connectivity index (χ0v) is 9.70. The smallest absolute Gasteiger partial charge is 0.320 e. The van der Waals surface area contributed by atoms with Crippen LogP contribution in [0.4, 0.5) is 0 Å². The molecule has 2 heterocycles. The first-order valence-electron chi connectivity index (χ1n) is 5.07. The summed E-state index contributed by atoms with van der Waals surface area (Å²) < 4.78 is 0. The molecule has 0 spiro atoms. The zero-order valence-electron chi connectivity index (χ0n) is 8.88. The zero-order chi connectivity index (χ0) is 11.5. The molecule has 16 heavy (non-hydrogen) atoms. The predicted molar refractivity (Wildman–Crippen MR) is 60.5 cm³/mol. The van der Waals surface area contributed by atoms with Gasteiger partial charge in [0, 0.05) is 23.7 Å². The van der Waals surface area contributed by atoms with Gasteiger partial charge < -0.3 is 10.4 Å². The molecule has 2 rings (SSSR count). The first-order chi connectivity index (χ1) is 7.65. The van der Waals surface area contributed by atoms with Gasteiger partial charge in [-0.15, -0.1) is 0 Å². The molecule has 5 nitrogen and oxygen atoms in total. The number of carboxylic acid groups (broad SMARTS) is 1. The van der Waals surface area contributed by atoms with Gasteiger partial charge in [0.2, 0.25) is 0 Å². The number of rotatable bonds is 3. The minimum atomic E-state index is -0.784. The number of hydrogen-bond donors (Lipinski definition) is 2. The fraction of sp³-hybridized carbons (Fsp3) is 0.500. The fourth-order valence-corrected chi connectivity index (χ4v) is 2.70. The Morgan fingerprint density at radius 2 is 2.50 bits per heavy atom. The Bertz CT molecular complexity index is 399. The van der Waals surface area contributed by atoms with Crippen molar-refractivity contribution in [3.8, 4) is 0 Å². The number of carbonyl (C=O) groups is 1. The molecule has 0 saturated carbocycles. The highest BCUT2D eigenvalue weighted by molar-refractivity contribution is 7.99. The van der Waals surface area contributed by atoms with Crippen molar-refractivity contribution < 1.29 is 9.90 Å². The highest BCUT2D eigenvalue weighted by Crippen LogP contribution is 2.26. The second kappa shape index (κ2) is 4.80. The van der Waals surface area contributed by atoms with Crippen molar-refractivity contribution in [2.75, 3.05) is 6.54 Å². The number of nitrogens with one attached hydrogen (secondary N) is 1. The van der Waals surface area contributed by atoms with Crippen molar-refractivity contribution in [3.63, 3.8) is 0 Å². The average Bonchev–Trinajstić information content (AvgIpc) is 2.66. The number of aromatic nitrogens is 2. The number of thioether (sulfide) groups is 1. The van der Waals surface area contributed by atoms with Crippen LogP contribution in [0.3, 0.4) is 0 Å². The van der Waals surface area contributed by atoms with Crippen molar-refractivity contribution >= 4 is 17.7 Å². The molecule has 1 aliphatic rings. The van der Waals surface area contributed by atoms with E-state index >= 15 is 0 Å². The minimum absolute atomic E-state index is 0.239. The third kappa shape index (κ3) is 2.70.